The SMILES string of the molecule is CCOC(=O)N1CCC(N2CCCN(C(=O)c3cnccn3)CC2)C1. The van der Waals surface area contributed by atoms with E-state index in [0.29, 0.717) is 31.4 Å². The van der Waals surface area contributed by atoms with Gasteiger partial charge in [-0.1, -0.05) is 0 Å². The molecule has 2 aliphatic rings. The molecule has 0 radical (unpaired) electrons. The van der Waals surface area contributed by atoms with Crippen LogP contribution in [0.3, 0.4) is 0 Å². The van der Waals surface area contributed by atoms with E-state index in [1.807, 2.05) is 11.8 Å². The van der Waals surface area contributed by atoms with Crippen LogP contribution in [0.15, 0.2) is 18.6 Å². The van der Waals surface area contributed by atoms with Crippen molar-refractivity contribution in [3.8, 4) is 0 Å². The van der Waals surface area contributed by atoms with Crippen LogP contribution in [0.2, 0.25) is 0 Å². The molecular formula is C17H25N5O3. The molecule has 25 heavy (non-hydrogen) atoms. The standard InChI is InChI=1S/C17H25N5O3/c1-2-25-17(24)22-9-4-14(13-22)20-7-3-8-21(11-10-20)16(23)15-12-18-5-6-19-15/h5-6,12,14H,2-4,7-11,13H2,1H3. The van der Waals surface area contributed by atoms with Crippen LogP contribution in [0.5, 0.6) is 0 Å². The van der Waals surface area contributed by atoms with Crippen molar-refractivity contribution in [2.24, 2.45) is 0 Å². The van der Waals surface area contributed by atoms with Gasteiger partial charge in [-0.25, -0.2) is 9.78 Å². The van der Waals surface area contributed by atoms with Gasteiger partial charge in [0.15, 0.2) is 0 Å². The molecule has 3 rings (SSSR count). The highest BCUT2D eigenvalue weighted by molar-refractivity contribution is 5.91. The van der Waals surface area contributed by atoms with Crippen LogP contribution in [-0.2, 0) is 4.74 Å². The molecule has 0 aromatic carbocycles. The Bertz CT molecular complexity index is 597. The summed E-state index contributed by atoms with van der Waals surface area (Å²) in [5.41, 5.74) is 0.394. The minimum Gasteiger partial charge on any atom is -0.450 e. The molecular weight excluding hydrogens is 322 g/mol. The van der Waals surface area contributed by atoms with Crippen molar-refractivity contribution in [2.75, 3.05) is 45.9 Å². The number of nitrogens with zero attached hydrogens (tertiary/aromatic N) is 5. The fraction of sp³-hybridized carbons (Fsp3) is 0.647. The summed E-state index contributed by atoms with van der Waals surface area (Å²) in [5, 5.41) is 0. The lowest BCUT2D eigenvalue weighted by molar-refractivity contribution is 0.0752. The normalized spacial score (nSPS) is 21.9. The van der Waals surface area contributed by atoms with Gasteiger partial charge in [-0.05, 0) is 19.8 Å². The first kappa shape index (κ1) is 17.6. The minimum absolute atomic E-state index is 0.0606. The Morgan fingerprint density at radius 2 is 2.04 bits per heavy atom. The zero-order valence-corrected chi connectivity index (χ0v) is 14.6. The predicted octanol–water partition coefficient (Wildman–Crippen LogP) is 0.855. The van der Waals surface area contributed by atoms with Crippen molar-refractivity contribution < 1.29 is 14.3 Å². The molecule has 1 atom stereocenters. The summed E-state index contributed by atoms with van der Waals surface area (Å²) in [6, 6.07) is 0.343. The third-order valence-electron chi connectivity index (χ3n) is 4.81. The largest absolute Gasteiger partial charge is 0.450 e. The van der Waals surface area contributed by atoms with Gasteiger partial charge in [0.05, 0.1) is 12.8 Å². The van der Waals surface area contributed by atoms with Gasteiger partial charge < -0.3 is 14.5 Å². The fourth-order valence-corrected chi connectivity index (χ4v) is 3.50. The molecule has 1 aromatic heterocycles. The Labute approximate surface area is 147 Å². The highest BCUT2D eigenvalue weighted by Crippen LogP contribution is 2.19. The molecule has 2 aliphatic heterocycles. The molecule has 0 N–H and O–H groups in total. The second-order valence-electron chi connectivity index (χ2n) is 6.36. The first-order chi connectivity index (χ1) is 12.2. The Morgan fingerprint density at radius 1 is 1.16 bits per heavy atom. The van der Waals surface area contributed by atoms with Crippen molar-refractivity contribution >= 4 is 12.0 Å². The smallest absolute Gasteiger partial charge is 0.409 e. The minimum atomic E-state index is -0.223. The molecule has 0 spiro atoms. The van der Waals surface area contributed by atoms with E-state index in [9.17, 15) is 9.59 Å². The topological polar surface area (TPSA) is 78.9 Å². The van der Waals surface area contributed by atoms with Gasteiger partial charge in [0, 0.05) is 57.7 Å². The first-order valence-electron chi connectivity index (χ1n) is 8.90. The molecule has 2 saturated heterocycles. The zero-order chi connectivity index (χ0) is 17.6. The Hall–Kier alpha value is -2.22. The molecule has 1 aromatic rings. The summed E-state index contributed by atoms with van der Waals surface area (Å²) in [6.07, 6.45) is 6.27. The lowest BCUT2D eigenvalue weighted by atomic mass is 10.2. The van der Waals surface area contributed by atoms with E-state index >= 15 is 0 Å². The quantitative estimate of drug-likeness (QED) is 0.807. The van der Waals surface area contributed by atoms with Gasteiger partial charge in [-0.3, -0.25) is 14.7 Å². The van der Waals surface area contributed by atoms with E-state index in [1.54, 1.807) is 17.3 Å². The molecule has 0 saturated carbocycles. The maximum absolute atomic E-state index is 12.5. The molecule has 3 heterocycles. The predicted molar refractivity (Wildman–Crippen MR) is 91.1 cm³/mol. The van der Waals surface area contributed by atoms with Crippen molar-refractivity contribution in [2.45, 2.75) is 25.8 Å². The molecule has 0 aliphatic carbocycles. The number of rotatable bonds is 3. The highest BCUT2D eigenvalue weighted by atomic mass is 16.6. The molecule has 136 valence electrons. The molecule has 8 heteroatoms. The lowest BCUT2D eigenvalue weighted by Gasteiger charge is -2.27. The van der Waals surface area contributed by atoms with E-state index in [-0.39, 0.29) is 12.0 Å². The average molecular weight is 347 g/mol. The Morgan fingerprint density at radius 3 is 2.80 bits per heavy atom. The number of hydrogen-bond acceptors (Lipinski definition) is 6. The maximum Gasteiger partial charge on any atom is 0.409 e. The van der Waals surface area contributed by atoms with Gasteiger partial charge in [-0.15, -0.1) is 0 Å². The summed E-state index contributed by atoms with van der Waals surface area (Å²) < 4.78 is 5.09. The number of carbonyl (C=O) groups is 2. The first-order valence-corrected chi connectivity index (χ1v) is 8.90. The van der Waals surface area contributed by atoms with Crippen molar-refractivity contribution in [1.29, 1.82) is 0 Å². The molecule has 8 nitrogen and oxygen atoms in total. The number of likely N-dealkylation sites (tertiary alicyclic amines) is 1. The zero-order valence-electron chi connectivity index (χ0n) is 14.6. The number of amides is 2. The van der Waals surface area contributed by atoms with E-state index in [0.717, 1.165) is 39.0 Å². The highest BCUT2D eigenvalue weighted by Gasteiger charge is 2.32. The third-order valence-corrected chi connectivity index (χ3v) is 4.81. The summed E-state index contributed by atoms with van der Waals surface area (Å²) in [7, 11) is 0. The van der Waals surface area contributed by atoms with Crippen molar-refractivity contribution in [3.63, 3.8) is 0 Å². The van der Waals surface area contributed by atoms with E-state index in [1.165, 1.54) is 6.20 Å². The van der Waals surface area contributed by atoms with Crippen LogP contribution >= 0.6 is 0 Å². The van der Waals surface area contributed by atoms with E-state index in [2.05, 4.69) is 14.9 Å². The van der Waals surface area contributed by atoms with E-state index in [4.69, 9.17) is 4.74 Å². The Balaban J connectivity index is 1.54. The summed E-state index contributed by atoms with van der Waals surface area (Å²) >= 11 is 0. The Kier molecular flexibility index (Phi) is 5.80. The van der Waals surface area contributed by atoms with Crippen LogP contribution in [0.4, 0.5) is 4.79 Å². The van der Waals surface area contributed by atoms with Crippen LogP contribution < -0.4 is 0 Å². The lowest BCUT2D eigenvalue weighted by Crippen LogP contribution is -2.41. The second-order valence-corrected chi connectivity index (χ2v) is 6.36. The monoisotopic (exact) mass is 347 g/mol. The maximum atomic E-state index is 12.5. The average Bonchev–Trinajstić information content (AvgIpc) is 3.01. The molecule has 1 unspecified atom stereocenters. The van der Waals surface area contributed by atoms with Gasteiger partial charge in [0.25, 0.3) is 5.91 Å². The summed E-state index contributed by atoms with van der Waals surface area (Å²) in [5.74, 6) is -0.0606. The van der Waals surface area contributed by atoms with Crippen LogP contribution in [0, 0.1) is 0 Å². The van der Waals surface area contributed by atoms with Gasteiger partial charge in [-0.2, -0.15) is 0 Å². The fourth-order valence-electron chi connectivity index (χ4n) is 3.50. The van der Waals surface area contributed by atoms with Crippen LogP contribution in [0.25, 0.3) is 0 Å². The molecule has 0 bridgehead atoms. The van der Waals surface area contributed by atoms with Crippen molar-refractivity contribution in [1.82, 2.24) is 24.7 Å². The third kappa shape index (κ3) is 4.25. The number of aromatic nitrogens is 2. The van der Waals surface area contributed by atoms with Crippen LogP contribution in [0.1, 0.15) is 30.3 Å². The molecule has 2 amide bonds. The van der Waals surface area contributed by atoms with Gasteiger partial charge in [0.2, 0.25) is 0 Å². The summed E-state index contributed by atoms with van der Waals surface area (Å²) in [4.78, 5) is 38.5. The van der Waals surface area contributed by atoms with Gasteiger partial charge >= 0.3 is 6.09 Å². The molecule has 2 fully saturated rings. The number of carbonyl (C=O) groups excluding carboxylic acids is 2. The number of ether oxygens (including phenoxy) is 1. The van der Waals surface area contributed by atoms with E-state index < -0.39 is 0 Å². The van der Waals surface area contributed by atoms with Crippen molar-refractivity contribution in [3.05, 3.63) is 24.3 Å². The second kappa shape index (κ2) is 8.24. The van der Waals surface area contributed by atoms with Crippen LogP contribution in [-0.4, -0.2) is 88.6 Å². The van der Waals surface area contributed by atoms with Gasteiger partial charge in [0.1, 0.15) is 5.69 Å². The number of hydrogen-bond donors (Lipinski definition) is 0. The summed E-state index contributed by atoms with van der Waals surface area (Å²) in [6.45, 7) is 6.82.